The first-order valence-corrected chi connectivity index (χ1v) is 6.71. The van der Waals surface area contributed by atoms with Gasteiger partial charge in [-0.1, -0.05) is 27.7 Å². The lowest BCUT2D eigenvalue weighted by molar-refractivity contribution is 0.212. The fourth-order valence-corrected chi connectivity index (χ4v) is 3.03. The maximum absolute atomic E-state index is 2.68. The molecule has 1 heterocycles. The van der Waals surface area contributed by atoms with Crippen LogP contribution in [0, 0.1) is 23.2 Å². The van der Waals surface area contributed by atoms with Crippen LogP contribution in [0.5, 0.6) is 0 Å². The van der Waals surface area contributed by atoms with Crippen LogP contribution in [0.2, 0.25) is 0 Å². The second kappa shape index (κ2) is 4.08. The van der Waals surface area contributed by atoms with Crippen molar-refractivity contribution in [2.24, 2.45) is 23.2 Å². The molecule has 0 amide bonds. The highest BCUT2D eigenvalue weighted by molar-refractivity contribution is 4.95. The van der Waals surface area contributed by atoms with Crippen LogP contribution in [0.3, 0.4) is 0 Å². The minimum absolute atomic E-state index is 0.504. The van der Waals surface area contributed by atoms with Gasteiger partial charge in [-0.25, -0.2) is 0 Å². The number of likely N-dealkylation sites (tertiary alicyclic amines) is 1. The van der Waals surface area contributed by atoms with Crippen molar-refractivity contribution in [1.29, 1.82) is 0 Å². The van der Waals surface area contributed by atoms with Crippen LogP contribution in [0.15, 0.2) is 0 Å². The molecule has 0 N–H and O–H groups in total. The summed E-state index contributed by atoms with van der Waals surface area (Å²) in [6, 6.07) is 0. The van der Waals surface area contributed by atoms with Crippen LogP contribution in [0.25, 0.3) is 0 Å². The molecule has 0 aromatic carbocycles. The molecule has 1 aliphatic carbocycles. The molecule has 2 unspecified atom stereocenters. The summed E-state index contributed by atoms with van der Waals surface area (Å²) in [5.41, 5.74) is 0.504. The van der Waals surface area contributed by atoms with Crippen molar-refractivity contribution in [2.45, 2.75) is 47.0 Å². The Kier molecular flexibility index (Phi) is 3.12. The highest BCUT2D eigenvalue weighted by Gasteiger charge is 2.45. The van der Waals surface area contributed by atoms with Gasteiger partial charge in [0.05, 0.1) is 0 Å². The lowest BCUT2D eigenvalue weighted by Gasteiger charge is -2.28. The van der Waals surface area contributed by atoms with Crippen LogP contribution in [-0.2, 0) is 0 Å². The van der Waals surface area contributed by atoms with Gasteiger partial charge in [-0.2, -0.15) is 0 Å². The Labute approximate surface area is 95.2 Å². The molecule has 88 valence electrons. The van der Waals surface area contributed by atoms with Gasteiger partial charge in [-0.15, -0.1) is 0 Å². The number of nitrogens with zero attached hydrogens (tertiary/aromatic N) is 1. The Morgan fingerprint density at radius 1 is 1.20 bits per heavy atom. The molecule has 1 heteroatoms. The quantitative estimate of drug-likeness (QED) is 0.688. The summed E-state index contributed by atoms with van der Waals surface area (Å²) >= 11 is 0. The largest absolute Gasteiger partial charge is 0.303 e. The smallest absolute Gasteiger partial charge is 0.00125 e. The average molecular weight is 209 g/mol. The van der Waals surface area contributed by atoms with Crippen LogP contribution in [0.4, 0.5) is 0 Å². The van der Waals surface area contributed by atoms with Crippen molar-refractivity contribution in [2.75, 3.05) is 19.6 Å². The van der Waals surface area contributed by atoms with Gasteiger partial charge in [0.2, 0.25) is 0 Å². The van der Waals surface area contributed by atoms with Crippen LogP contribution in [-0.4, -0.2) is 24.5 Å². The summed E-state index contributed by atoms with van der Waals surface area (Å²) in [7, 11) is 0. The monoisotopic (exact) mass is 209 g/mol. The number of rotatable bonds is 3. The Hall–Kier alpha value is -0.0400. The second-order valence-electron chi connectivity index (χ2n) is 6.82. The Bertz CT molecular complexity index is 210. The van der Waals surface area contributed by atoms with Crippen molar-refractivity contribution >= 4 is 0 Å². The molecule has 1 saturated carbocycles. The van der Waals surface area contributed by atoms with Gasteiger partial charge in [0, 0.05) is 6.54 Å². The lowest BCUT2D eigenvalue weighted by Crippen LogP contribution is -2.25. The molecule has 2 rings (SSSR count). The minimum Gasteiger partial charge on any atom is -0.303 e. The SMILES string of the molecule is C[C@H](C1CC1CN1CCCC1)C(C)(C)C. The summed E-state index contributed by atoms with van der Waals surface area (Å²) in [6.45, 7) is 13.8. The highest BCUT2D eigenvalue weighted by Crippen LogP contribution is 2.50. The van der Waals surface area contributed by atoms with E-state index < -0.39 is 0 Å². The van der Waals surface area contributed by atoms with Crippen LogP contribution < -0.4 is 0 Å². The Morgan fingerprint density at radius 3 is 2.33 bits per heavy atom. The molecule has 1 saturated heterocycles. The predicted molar refractivity (Wildman–Crippen MR) is 65.9 cm³/mol. The zero-order valence-corrected chi connectivity index (χ0v) is 10.9. The molecular formula is C14H27N. The third-order valence-corrected chi connectivity index (χ3v) is 4.68. The molecule has 3 atom stereocenters. The fraction of sp³-hybridized carbons (Fsp3) is 1.00. The van der Waals surface area contributed by atoms with E-state index >= 15 is 0 Å². The first kappa shape index (κ1) is 11.4. The van der Waals surface area contributed by atoms with E-state index in [-0.39, 0.29) is 0 Å². The standard InChI is InChI=1S/C14H27N/c1-11(14(2,3)4)13-9-12(13)10-15-7-5-6-8-15/h11-13H,5-10H2,1-4H3/t11-,12?,13?/m1/s1. The molecule has 2 aliphatic rings. The van der Waals surface area contributed by atoms with Gasteiger partial charge in [0.25, 0.3) is 0 Å². The zero-order valence-electron chi connectivity index (χ0n) is 10.9. The molecule has 1 aliphatic heterocycles. The first-order valence-electron chi connectivity index (χ1n) is 6.71. The van der Waals surface area contributed by atoms with Crippen molar-refractivity contribution < 1.29 is 0 Å². The third kappa shape index (κ3) is 2.75. The zero-order chi connectivity index (χ0) is 11.1. The molecule has 0 aromatic rings. The van der Waals surface area contributed by atoms with Crippen molar-refractivity contribution in [3.8, 4) is 0 Å². The van der Waals surface area contributed by atoms with E-state index in [1.165, 1.54) is 38.9 Å². The molecule has 1 nitrogen and oxygen atoms in total. The first-order chi connectivity index (χ1) is 6.98. The van der Waals surface area contributed by atoms with E-state index in [0.29, 0.717) is 5.41 Å². The average Bonchev–Trinajstić information content (AvgIpc) is 2.67. The van der Waals surface area contributed by atoms with E-state index in [2.05, 4.69) is 32.6 Å². The van der Waals surface area contributed by atoms with Gasteiger partial charge in [0.15, 0.2) is 0 Å². The highest BCUT2D eigenvalue weighted by atomic mass is 15.1. The van der Waals surface area contributed by atoms with Gasteiger partial charge in [-0.3, -0.25) is 0 Å². The van der Waals surface area contributed by atoms with Gasteiger partial charge >= 0.3 is 0 Å². The lowest BCUT2D eigenvalue weighted by atomic mass is 9.78. The molecule has 2 fully saturated rings. The van der Waals surface area contributed by atoms with Crippen LogP contribution in [0.1, 0.15) is 47.0 Å². The van der Waals surface area contributed by atoms with E-state index in [9.17, 15) is 0 Å². The summed E-state index contributed by atoms with van der Waals surface area (Å²) in [4.78, 5) is 2.68. The predicted octanol–water partition coefficient (Wildman–Crippen LogP) is 3.40. The molecule has 0 aromatic heterocycles. The molecule has 0 spiro atoms. The summed E-state index contributed by atoms with van der Waals surface area (Å²) < 4.78 is 0. The molecule has 0 radical (unpaired) electrons. The second-order valence-corrected chi connectivity index (χ2v) is 6.82. The summed E-state index contributed by atoms with van der Waals surface area (Å²) in [6.07, 6.45) is 4.37. The molecular weight excluding hydrogens is 182 g/mol. The van der Waals surface area contributed by atoms with Crippen molar-refractivity contribution in [3.63, 3.8) is 0 Å². The maximum Gasteiger partial charge on any atom is 0.00125 e. The maximum atomic E-state index is 2.68. The van der Waals surface area contributed by atoms with E-state index in [1.54, 1.807) is 0 Å². The van der Waals surface area contributed by atoms with E-state index in [4.69, 9.17) is 0 Å². The summed E-state index contributed by atoms with van der Waals surface area (Å²) in [5, 5.41) is 0. The Morgan fingerprint density at radius 2 is 1.80 bits per heavy atom. The van der Waals surface area contributed by atoms with Crippen molar-refractivity contribution in [1.82, 2.24) is 4.90 Å². The number of hydrogen-bond acceptors (Lipinski definition) is 1. The number of hydrogen-bond donors (Lipinski definition) is 0. The van der Waals surface area contributed by atoms with Gasteiger partial charge < -0.3 is 4.90 Å². The molecule has 15 heavy (non-hydrogen) atoms. The summed E-state index contributed by atoms with van der Waals surface area (Å²) in [5.74, 6) is 2.94. The van der Waals surface area contributed by atoms with Crippen molar-refractivity contribution in [3.05, 3.63) is 0 Å². The normalized spacial score (nSPS) is 34.4. The third-order valence-electron chi connectivity index (χ3n) is 4.68. The van der Waals surface area contributed by atoms with E-state index in [0.717, 1.165) is 17.8 Å². The van der Waals surface area contributed by atoms with Gasteiger partial charge in [-0.05, 0) is 55.5 Å². The van der Waals surface area contributed by atoms with Gasteiger partial charge in [0.1, 0.15) is 0 Å². The fourth-order valence-electron chi connectivity index (χ4n) is 3.03. The van der Waals surface area contributed by atoms with E-state index in [1.807, 2.05) is 0 Å². The van der Waals surface area contributed by atoms with Crippen LogP contribution >= 0.6 is 0 Å². The molecule has 0 bridgehead atoms. The Balaban J connectivity index is 1.75. The minimum atomic E-state index is 0.504. The topological polar surface area (TPSA) is 3.24 Å².